The van der Waals surface area contributed by atoms with E-state index in [9.17, 15) is 33.6 Å². The molecule has 3 aromatic rings. The molecule has 2 aromatic heterocycles. The third kappa shape index (κ3) is 8.63. The molecule has 0 saturated carbocycles. The highest BCUT2D eigenvalue weighted by molar-refractivity contribution is 7.62. The standard InChI is InChI=1S/C29H37N7O12P2/c1-2-30-29(39)35-25-22-26(33-15-32-25)36(16-34-22)27-24-23(46-21(47-24)9-8-17-6-4-3-5-7-17)20(45-27)13-44-50(42,43)48-49(40,41)14-18-10-11-31-19(12-18)28(37)38/h3-9,15-16,18-21,23-24,27,31H,2,10-14H2,1H3,(H,37,38)(H,40,41)(H,42,43)(H2,30,32,33,35,39)/p-2/b9-8+/t18?,19?,20-,21+,23?,24+,27-/m1/s1. The van der Waals surface area contributed by atoms with Gasteiger partial charge in [-0.1, -0.05) is 36.4 Å². The zero-order chi connectivity index (χ0) is 35.5. The third-order valence-electron chi connectivity index (χ3n) is 8.23. The smallest absolute Gasteiger partial charge is 0.320 e. The van der Waals surface area contributed by atoms with Gasteiger partial charge in [0.25, 0.3) is 7.82 Å². The molecule has 3 saturated heterocycles. The number of aliphatic carboxylic acids is 1. The number of imidazole rings is 1. The first-order valence-corrected chi connectivity index (χ1v) is 19.0. The summed E-state index contributed by atoms with van der Waals surface area (Å²) in [6.07, 6.45) is 0.997. The molecule has 50 heavy (non-hydrogen) atoms. The third-order valence-corrected chi connectivity index (χ3v) is 11.5. The Labute approximate surface area is 285 Å². The monoisotopic (exact) mass is 735 g/mol. The topological polar surface area (TPSA) is 260 Å². The second-order valence-corrected chi connectivity index (χ2v) is 15.2. The van der Waals surface area contributed by atoms with Gasteiger partial charge in [-0.2, -0.15) is 0 Å². The number of fused-ring (bicyclic) bond motifs is 2. The second-order valence-electron chi connectivity index (χ2n) is 11.8. The minimum Gasteiger partial charge on any atom is -0.778 e. The quantitative estimate of drug-likeness (QED) is 0.180. The van der Waals surface area contributed by atoms with Crippen molar-refractivity contribution in [2.75, 3.05) is 31.2 Å². The van der Waals surface area contributed by atoms with Crippen molar-refractivity contribution in [1.82, 2.24) is 30.2 Å². The summed E-state index contributed by atoms with van der Waals surface area (Å²) in [6.45, 7) is 1.70. The van der Waals surface area contributed by atoms with Crippen LogP contribution < -0.4 is 25.7 Å². The first kappa shape index (κ1) is 36.2. The average molecular weight is 736 g/mol. The van der Waals surface area contributed by atoms with Gasteiger partial charge >= 0.3 is 12.0 Å². The van der Waals surface area contributed by atoms with Crippen molar-refractivity contribution in [1.29, 1.82) is 0 Å². The normalized spacial score (nSPS) is 29.0. The fourth-order valence-electron chi connectivity index (χ4n) is 6.04. The number of aromatic nitrogens is 4. The maximum Gasteiger partial charge on any atom is 0.320 e. The number of hydrogen-bond acceptors (Lipinski definition) is 15. The Kier molecular flexibility index (Phi) is 11.1. The van der Waals surface area contributed by atoms with E-state index in [-0.39, 0.29) is 29.9 Å². The molecule has 0 bridgehead atoms. The number of carbonyl (C=O) groups excluding carboxylic acids is 1. The molecule has 0 radical (unpaired) electrons. The van der Waals surface area contributed by atoms with Gasteiger partial charge in [0.1, 0.15) is 38.3 Å². The van der Waals surface area contributed by atoms with Crippen LogP contribution in [0, 0.1) is 5.92 Å². The first-order chi connectivity index (χ1) is 23.9. The lowest BCUT2D eigenvalue weighted by Gasteiger charge is -2.36. The van der Waals surface area contributed by atoms with Gasteiger partial charge in [0, 0.05) is 12.7 Å². The number of urea groups is 1. The lowest BCUT2D eigenvalue weighted by molar-refractivity contribution is -0.234. The van der Waals surface area contributed by atoms with Gasteiger partial charge in [0.05, 0.1) is 12.9 Å². The summed E-state index contributed by atoms with van der Waals surface area (Å²) in [5, 5.41) is 17.2. The molecule has 3 fully saturated rings. The predicted molar refractivity (Wildman–Crippen MR) is 170 cm³/mol. The van der Waals surface area contributed by atoms with Gasteiger partial charge < -0.3 is 48.8 Å². The maximum atomic E-state index is 12.8. The molecule has 19 nitrogen and oxygen atoms in total. The Morgan fingerprint density at radius 2 is 1.92 bits per heavy atom. The van der Waals surface area contributed by atoms with E-state index in [1.807, 2.05) is 30.3 Å². The van der Waals surface area contributed by atoms with Crippen molar-refractivity contribution in [3.8, 4) is 0 Å². The Hall–Kier alpha value is -3.61. The van der Waals surface area contributed by atoms with Crippen molar-refractivity contribution in [2.24, 2.45) is 5.92 Å². The molecular weight excluding hydrogens is 700 g/mol. The van der Waals surface area contributed by atoms with E-state index in [2.05, 4.69) is 35.2 Å². The van der Waals surface area contributed by atoms with Gasteiger partial charge in [-0.3, -0.25) is 23.6 Å². The molecule has 3 aliphatic rings. The molecule has 2 amide bonds. The number of carbonyl (C=O) groups is 2. The number of rotatable bonds is 13. The van der Waals surface area contributed by atoms with Gasteiger partial charge in [-0.15, -0.1) is 0 Å². The zero-order valence-corrected chi connectivity index (χ0v) is 28.4. The fraction of sp³-hybridized carbons (Fsp3) is 0.483. The van der Waals surface area contributed by atoms with E-state index in [0.717, 1.165) is 5.56 Å². The molecule has 0 aliphatic carbocycles. The van der Waals surface area contributed by atoms with Crippen LogP contribution in [0.2, 0.25) is 0 Å². The van der Waals surface area contributed by atoms with E-state index in [1.54, 1.807) is 19.1 Å². The number of phosphoric ester groups is 1. The van der Waals surface area contributed by atoms with Crippen LogP contribution in [0.5, 0.6) is 0 Å². The van der Waals surface area contributed by atoms with Crippen LogP contribution in [0.15, 0.2) is 49.1 Å². The lowest BCUT2D eigenvalue weighted by atomic mass is 9.94. The molecule has 270 valence electrons. The second kappa shape index (κ2) is 15.3. The van der Waals surface area contributed by atoms with Crippen molar-refractivity contribution in [2.45, 2.75) is 56.6 Å². The van der Waals surface area contributed by atoms with Crippen LogP contribution in [-0.2, 0) is 37.0 Å². The zero-order valence-electron chi connectivity index (χ0n) is 26.6. The van der Waals surface area contributed by atoms with Crippen molar-refractivity contribution in [3.63, 3.8) is 0 Å². The Bertz CT molecular complexity index is 1810. The largest absolute Gasteiger partial charge is 0.778 e. The molecule has 5 heterocycles. The van der Waals surface area contributed by atoms with Crippen molar-refractivity contribution >= 4 is 50.5 Å². The fourth-order valence-corrected chi connectivity index (χ4v) is 9.01. The highest BCUT2D eigenvalue weighted by Gasteiger charge is 2.53. The molecule has 9 atom stereocenters. The van der Waals surface area contributed by atoms with Gasteiger partial charge in [0.2, 0.25) is 0 Å². The molecule has 0 spiro atoms. The molecule has 4 N–H and O–H groups in total. The van der Waals surface area contributed by atoms with E-state index in [1.165, 1.54) is 17.2 Å². The van der Waals surface area contributed by atoms with Crippen LogP contribution in [0.3, 0.4) is 0 Å². The van der Waals surface area contributed by atoms with Crippen molar-refractivity contribution in [3.05, 3.63) is 54.6 Å². The highest BCUT2D eigenvalue weighted by atomic mass is 31.3. The number of benzene rings is 1. The lowest BCUT2D eigenvalue weighted by Crippen LogP contribution is -2.44. The van der Waals surface area contributed by atoms with Crippen LogP contribution in [0.4, 0.5) is 10.6 Å². The van der Waals surface area contributed by atoms with Gasteiger partial charge in [0.15, 0.2) is 29.5 Å². The average Bonchev–Trinajstić information content (AvgIpc) is 3.77. The summed E-state index contributed by atoms with van der Waals surface area (Å²) < 4.78 is 55.0. The van der Waals surface area contributed by atoms with Crippen molar-refractivity contribution < 1.29 is 56.7 Å². The van der Waals surface area contributed by atoms with Crippen LogP contribution in [0.1, 0.15) is 31.6 Å². The number of anilines is 1. The number of phosphoric acid groups is 1. The Morgan fingerprint density at radius 1 is 1.14 bits per heavy atom. The predicted octanol–water partition coefficient (Wildman–Crippen LogP) is 1.20. The molecule has 5 unspecified atom stereocenters. The highest BCUT2D eigenvalue weighted by Crippen LogP contribution is 2.56. The number of carboxylic acid groups (broad SMARTS) is 1. The number of piperidine rings is 1. The summed E-state index contributed by atoms with van der Waals surface area (Å²) in [7, 11) is -10.5. The molecular formula is C29H35N7O12P2-2. The van der Waals surface area contributed by atoms with Gasteiger partial charge in [-0.05, 0) is 43.9 Å². The van der Waals surface area contributed by atoms with E-state index < -0.39 is 83.0 Å². The van der Waals surface area contributed by atoms with E-state index in [4.69, 9.17) is 18.7 Å². The summed E-state index contributed by atoms with van der Waals surface area (Å²) in [5.41, 5.74) is 1.38. The Morgan fingerprint density at radius 3 is 2.68 bits per heavy atom. The SMILES string of the molecule is CCNC(=O)Nc1ncnc2c1ncn2[C@@H]1O[C@H](COP(=O)([O-])OP(=O)([O-])CC2CCNC(C(=O)O)C2)C2O[C@H](/C=C/c3ccccc3)O[C@@H]21. The summed E-state index contributed by atoms with van der Waals surface area (Å²) >= 11 is 0. The van der Waals surface area contributed by atoms with Crippen LogP contribution >= 0.6 is 15.4 Å². The molecule has 1 aromatic carbocycles. The molecule has 21 heteroatoms. The van der Waals surface area contributed by atoms with Gasteiger partial charge in [-0.25, -0.2) is 19.7 Å². The summed E-state index contributed by atoms with van der Waals surface area (Å²) in [6, 6.07) is 7.93. The van der Waals surface area contributed by atoms with Crippen LogP contribution in [0.25, 0.3) is 17.2 Å². The number of ether oxygens (including phenoxy) is 3. The van der Waals surface area contributed by atoms with Crippen LogP contribution in [-0.4, -0.2) is 93.1 Å². The number of amides is 2. The minimum absolute atomic E-state index is 0.0100. The summed E-state index contributed by atoms with van der Waals surface area (Å²) in [5.74, 6) is -1.63. The number of nitrogens with one attached hydrogen (secondary N) is 3. The van der Waals surface area contributed by atoms with E-state index in [0.29, 0.717) is 13.0 Å². The minimum atomic E-state index is -5.45. The molecule has 6 rings (SSSR count). The number of nitrogens with zero attached hydrogens (tertiary/aromatic N) is 4. The first-order valence-electron chi connectivity index (χ1n) is 15.8. The number of carboxylic acids is 1. The maximum absolute atomic E-state index is 12.8. The summed E-state index contributed by atoms with van der Waals surface area (Å²) in [4.78, 5) is 61.8. The Balaban J connectivity index is 1.18. The number of hydrogen-bond donors (Lipinski definition) is 4. The van der Waals surface area contributed by atoms with E-state index >= 15 is 0 Å². The molecule has 3 aliphatic heterocycles.